The molecule has 0 spiro atoms. The minimum atomic E-state index is -0.143. The van der Waals surface area contributed by atoms with Gasteiger partial charge in [0.05, 0.1) is 16.8 Å². The molecule has 1 aromatic heterocycles. The second-order valence-corrected chi connectivity index (χ2v) is 7.28. The van der Waals surface area contributed by atoms with Crippen molar-refractivity contribution in [2.24, 2.45) is 0 Å². The topological polar surface area (TPSA) is 45.2 Å². The molecular weight excluding hydrogens is 358 g/mol. The van der Waals surface area contributed by atoms with Crippen LogP contribution in [0.5, 0.6) is 0 Å². The van der Waals surface area contributed by atoms with E-state index in [1.54, 1.807) is 0 Å². The second kappa shape index (κ2) is 7.76. The van der Waals surface area contributed by atoms with Crippen molar-refractivity contribution in [3.05, 3.63) is 90.0 Å². The molecule has 29 heavy (non-hydrogen) atoms. The Bertz CT molecular complexity index is 1180. The van der Waals surface area contributed by atoms with Gasteiger partial charge in [-0.25, -0.2) is 4.98 Å². The van der Waals surface area contributed by atoms with Crippen LogP contribution in [-0.2, 0) is 0 Å². The normalized spacial score (nSPS) is 10.7. The van der Waals surface area contributed by atoms with Gasteiger partial charge in [-0.2, -0.15) is 0 Å². The summed E-state index contributed by atoms with van der Waals surface area (Å²) in [6.45, 7) is 2.05. The lowest BCUT2D eigenvalue weighted by atomic mass is 10.0. The maximum Gasteiger partial charge on any atom is 0.256 e. The average Bonchev–Trinajstić information content (AvgIpc) is 2.73. The third-order valence-electron chi connectivity index (χ3n) is 5.02. The molecule has 0 aliphatic rings. The van der Waals surface area contributed by atoms with Crippen molar-refractivity contribution >= 4 is 28.2 Å². The monoisotopic (exact) mass is 381 g/mol. The number of aryl methyl sites for hydroxylation is 1. The molecule has 0 radical (unpaired) electrons. The van der Waals surface area contributed by atoms with E-state index in [2.05, 4.69) is 18.3 Å². The van der Waals surface area contributed by atoms with Crippen LogP contribution in [0.1, 0.15) is 15.9 Å². The van der Waals surface area contributed by atoms with Gasteiger partial charge in [0, 0.05) is 36.4 Å². The number of anilines is 2. The Hall–Kier alpha value is -3.66. The summed E-state index contributed by atoms with van der Waals surface area (Å²) in [5, 5.41) is 3.86. The molecular formula is C25H23N3O. The zero-order valence-corrected chi connectivity index (χ0v) is 16.8. The van der Waals surface area contributed by atoms with Crippen molar-refractivity contribution in [1.29, 1.82) is 0 Å². The minimum Gasteiger partial charge on any atom is -0.378 e. The number of amides is 1. The van der Waals surface area contributed by atoms with Gasteiger partial charge in [0.25, 0.3) is 5.91 Å². The fraction of sp³-hybridized carbons (Fsp3) is 0.120. The van der Waals surface area contributed by atoms with Gasteiger partial charge in [-0.05, 0) is 48.9 Å². The van der Waals surface area contributed by atoms with Crippen LogP contribution in [0.4, 0.5) is 11.4 Å². The summed E-state index contributed by atoms with van der Waals surface area (Å²) in [7, 11) is 3.98. The number of nitrogens with zero attached hydrogens (tertiary/aromatic N) is 2. The molecule has 3 aromatic carbocycles. The number of carbonyl (C=O) groups excluding carboxylic acids is 1. The van der Waals surface area contributed by atoms with Crippen LogP contribution < -0.4 is 10.2 Å². The zero-order valence-electron chi connectivity index (χ0n) is 16.8. The lowest BCUT2D eigenvalue weighted by Crippen LogP contribution is -2.13. The predicted molar refractivity (Wildman–Crippen MR) is 121 cm³/mol. The molecule has 0 unspecified atom stereocenters. The number of aromatic nitrogens is 1. The number of benzene rings is 3. The minimum absolute atomic E-state index is 0.143. The van der Waals surface area contributed by atoms with Crippen molar-refractivity contribution in [2.45, 2.75) is 6.92 Å². The number of para-hydroxylation sites is 1. The highest BCUT2D eigenvalue weighted by Gasteiger charge is 2.15. The van der Waals surface area contributed by atoms with E-state index in [4.69, 9.17) is 4.98 Å². The van der Waals surface area contributed by atoms with E-state index in [-0.39, 0.29) is 5.91 Å². The Labute approximate surface area is 170 Å². The molecule has 0 bridgehead atoms. The van der Waals surface area contributed by atoms with Gasteiger partial charge in [0.2, 0.25) is 0 Å². The first-order valence-corrected chi connectivity index (χ1v) is 9.57. The fourth-order valence-electron chi connectivity index (χ4n) is 3.40. The number of nitrogens with one attached hydrogen (secondary N) is 1. The van der Waals surface area contributed by atoms with Crippen LogP contribution >= 0.6 is 0 Å². The van der Waals surface area contributed by atoms with Gasteiger partial charge >= 0.3 is 0 Å². The zero-order chi connectivity index (χ0) is 20.4. The van der Waals surface area contributed by atoms with E-state index < -0.39 is 0 Å². The molecule has 4 aromatic rings. The van der Waals surface area contributed by atoms with E-state index in [9.17, 15) is 4.79 Å². The third kappa shape index (κ3) is 3.83. The van der Waals surface area contributed by atoms with Crippen LogP contribution in [-0.4, -0.2) is 25.0 Å². The molecule has 144 valence electrons. The highest BCUT2D eigenvalue weighted by atomic mass is 16.1. The summed E-state index contributed by atoms with van der Waals surface area (Å²) in [6.07, 6.45) is 0. The first kappa shape index (κ1) is 18.7. The first-order chi connectivity index (χ1) is 14.0. The number of rotatable bonds is 4. The molecule has 4 rings (SSSR count). The number of hydrogen-bond donors (Lipinski definition) is 1. The largest absolute Gasteiger partial charge is 0.378 e. The lowest BCUT2D eigenvalue weighted by Gasteiger charge is -2.14. The summed E-state index contributed by atoms with van der Waals surface area (Å²) < 4.78 is 0. The molecule has 0 saturated carbocycles. The van der Waals surface area contributed by atoms with Crippen molar-refractivity contribution in [3.63, 3.8) is 0 Å². The molecule has 1 heterocycles. The van der Waals surface area contributed by atoms with E-state index in [0.29, 0.717) is 5.56 Å². The SMILES string of the molecule is Cc1ccccc1-c1cc(C(=O)Nc2ccc(N(C)C)cc2)c2ccccc2n1. The molecule has 0 fully saturated rings. The van der Waals surface area contributed by atoms with Gasteiger partial charge in [0.1, 0.15) is 0 Å². The predicted octanol–water partition coefficient (Wildman–Crippen LogP) is 5.53. The first-order valence-electron chi connectivity index (χ1n) is 9.57. The molecule has 0 atom stereocenters. The molecule has 4 heteroatoms. The highest BCUT2D eigenvalue weighted by Crippen LogP contribution is 2.27. The molecule has 4 nitrogen and oxygen atoms in total. The van der Waals surface area contributed by atoms with Gasteiger partial charge < -0.3 is 10.2 Å². The summed E-state index contributed by atoms with van der Waals surface area (Å²) >= 11 is 0. The number of hydrogen-bond acceptors (Lipinski definition) is 3. The molecule has 1 N–H and O–H groups in total. The van der Waals surface area contributed by atoms with Crippen LogP contribution in [0.2, 0.25) is 0 Å². The highest BCUT2D eigenvalue weighted by molar-refractivity contribution is 6.13. The summed E-state index contributed by atoms with van der Waals surface area (Å²) in [5.74, 6) is -0.143. The maximum absolute atomic E-state index is 13.2. The van der Waals surface area contributed by atoms with Crippen LogP contribution in [0, 0.1) is 6.92 Å². The number of pyridine rings is 1. The van der Waals surface area contributed by atoms with Crippen LogP contribution in [0.3, 0.4) is 0 Å². The van der Waals surface area contributed by atoms with Crippen molar-refractivity contribution in [1.82, 2.24) is 4.98 Å². The van der Waals surface area contributed by atoms with E-state index in [1.165, 1.54) is 0 Å². The maximum atomic E-state index is 13.2. The van der Waals surface area contributed by atoms with E-state index >= 15 is 0 Å². The van der Waals surface area contributed by atoms with Gasteiger partial charge in [0.15, 0.2) is 0 Å². The Kier molecular flexibility index (Phi) is 5.00. The fourth-order valence-corrected chi connectivity index (χ4v) is 3.40. The molecule has 0 aliphatic carbocycles. The van der Waals surface area contributed by atoms with Gasteiger partial charge in [-0.1, -0.05) is 42.5 Å². The van der Waals surface area contributed by atoms with Crippen molar-refractivity contribution < 1.29 is 4.79 Å². The summed E-state index contributed by atoms with van der Waals surface area (Å²) in [5.41, 5.74) is 6.23. The van der Waals surface area contributed by atoms with E-state index in [1.807, 2.05) is 91.8 Å². The van der Waals surface area contributed by atoms with Crippen molar-refractivity contribution in [2.75, 3.05) is 24.3 Å². The van der Waals surface area contributed by atoms with Crippen molar-refractivity contribution in [3.8, 4) is 11.3 Å². The Balaban J connectivity index is 1.75. The Morgan fingerprint density at radius 3 is 2.31 bits per heavy atom. The van der Waals surface area contributed by atoms with Crippen LogP contribution in [0.15, 0.2) is 78.9 Å². The van der Waals surface area contributed by atoms with E-state index in [0.717, 1.165) is 39.1 Å². The average molecular weight is 381 g/mol. The lowest BCUT2D eigenvalue weighted by molar-refractivity contribution is 0.102. The molecule has 0 aliphatic heterocycles. The third-order valence-corrected chi connectivity index (χ3v) is 5.02. The molecule has 0 saturated heterocycles. The number of carbonyl (C=O) groups is 1. The van der Waals surface area contributed by atoms with Gasteiger partial charge in [-0.3, -0.25) is 4.79 Å². The second-order valence-electron chi connectivity index (χ2n) is 7.28. The van der Waals surface area contributed by atoms with Gasteiger partial charge in [-0.15, -0.1) is 0 Å². The Morgan fingerprint density at radius 1 is 0.897 bits per heavy atom. The summed E-state index contributed by atoms with van der Waals surface area (Å²) in [4.78, 5) is 20.0. The number of fused-ring (bicyclic) bond motifs is 1. The summed E-state index contributed by atoms with van der Waals surface area (Å²) in [6, 6.07) is 25.5. The smallest absolute Gasteiger partial charge is 0.256 e. The van der Waals surface area contributed by atoms with Crippen LogP contribution in [0.25, 0.3) is 22.2 Å². The standard InChI is InChI=1S/C25H23N3O/c1-17-8-4-5-9-20(17)24-16-22(21-10-6-7-11-23(21)27-24)25(29)26-18-12-14-19(15-13-18)28(2)3/h4-16H,1-3H3,(H,26,29). The molecule has 1 amide bonds. The quantitative estimate of drug-likeness (QED) is 0.506. The Morgan fingerprint density at radius 2 is 1.59 bits per heavy atom.